The zero-order valence-corrected chi connectivity index (χ0v) is 19.9. The maximum Gasteiger partial charge on any atom is 0.493 e. The fourth-order valence-corrected chi connectivity index (χ4v) is 3.43. The Morgan fingerprint density at radius 2 is 1.81 bits per heavy atom. The molecule has 0 saturated heterocycles. The van der Waals surface area contributed by atoms with E-state index in [-0.39, 0.29) is 46.0 Å². The van der Waals surface area contributed by atoms with Crippen LogP contribution in [0.3, 0.4) is 0 Å². The van der Waals surface area contributed by atoms with Crippen LogP contribution in [0.15, 0.2) is 36.5 Å². The summed E-state index contributed by atoms with van der Waals surface area (Å²) in [7, 11) is 2.60. The number of nitrogens with two attached hydrogens (primary N) is 1. The van der Waals surface area contributed by atoms with Crippen molar-refractivity contribution in [1.82, 2.24) is 9.78 Å². The molecular formula is C22H18ClF5N4O5. The Labute approximate surface area is 211 Å². The number of rotatable bonds is 7. The Bertz CT molecular complexity index is 1290. The smallest absolute Gasteiger partial charge is 0.493 e. The number of amides is 1. The summed E-state index contributed by atoms with van der Waals surface area (Å²) in [6.07, 6.45) is -4.28. The number of alkyl halides is 3. The van der Waals surface area contributed by atoms with Gasteiger partial charge in [0.05, 0.1) is 29.7 Å². The lowest BCUT2D eigenvalue weighted by atomic mass is 10.1. The van der Waals surface area contributed by atoms with Gasteiger partial charge in [-0.1, -0.05) is 11.6 Å². The van der Waals surface area contributed by atoms with Gasteiger partial charge in [-0.15, -0.1) is 5.06 Å². The summed E-state index contributed by atoms with van der Waals surface area (Å²) in [6, 6.07) is 4.57. The molecule has 3 aromatic rings. The van der Waals surface area contributed by atoms with E-state index in [4.69, 9.17) is 26.8 Å². The second-order valence-electron chi connectivity index (χ2n) is 7.22. The molecule has 0 unspecified atom stereocenters. The molecule has 1 amide bonds. The third-order valence-electron chi connectivity index (χ3n) is 4.78. The van der Waals surface area contributed by atoms with E-state index >= 15 is 0 Å². The predicted molar refractivity (Wildman–Crippen MR) is 120 cm³/mol. The van der Waals surface area contributed by atoms with Gasteiger partial charge in [-0.25, -0.2) is 13.6 Å². The number of benzene rings is 2. The van der Waals surface area contributed by atoms with Crippen molar-refractivity contribution in [1.29, 1.82) is 0 Å². The number of hydrogen-bond donors (Lipinski definition) is 1. The van der Waals surface area contributed by atoms with Crippen LogP contribution in [0.5, 0.6) is 11.5 Å². The van der Waals surface area contributed by atoms with E-state index in [0.29, 0.717) is 12.1 Å². The molecule has 2 N–H and O–H groups in total. The van der Waals surface area contributed by atoms with Gasteiger partial charge in [-0.05, 0) is 18.2 Å². The quantitative estimate of drug-likeness (QED) is 0.351. The fourth-order valence-electron chi connectivity index (χ4n) is 3.16. The highest BCUT2D eigenvalue weighted by Crippen LogP contribution is 2.38. The first-order valence-corrected chi connectivity index (χ1v) is 10.6. The molecule has 0 atom stereocenters. The highest BCUT2D eigenvalue weighted by Gasteiger charge is 2.44. The Morgan fingerprint density at radius 3 is 2.32 bits per heavy atom. The van der Waals surface area contributed by atoms with Gasteiger partial charge in [-0.2, -0.15) is 18.3 Å². The van der Waals surface area contributed by atoms with Crippen LogP contribution >= 0.6 is 11.6 Å². The lowest BCUT2D eigenvalue weighted by Gasteiger charge is -2.23. The lowest BCUT2D eigenvalue weighted by molar-refractivity contribution is -0.200. The minimum atomic E-state index is -5.55. The van der Waals surface area contributed by atoms with Crippen molar-refractivity contribution in [2.24, 2.45) is 12.8 Å². The Balaban J connectivity index is 2.21. The maximum absolute atomic E-state index is 14.6. The minimum absolute atomic E-state index is 0.0236. The maximum atomic E-state index is 14.6. The van der Waals surface area contributed by atoms with Crippen LogP contribution in [0, 0.1) is 11.6 Å². The highest BCUT2D eigenvalue weighted by molar-refractivity contribution is 6.33. The molecule has 0 bridgehead atoms. The van der Waals surface area contributed by atoms with Crippen LogP contribution in [0.2, 0.25) is 5.02 Å². The number of aryl methyl sites for hydroxylation is 1. The van der Waals surface area contributed by atoms with Gasteiger partial charge >= 0.3 is 12.1 Å². The molecule has 0 spiro atoms. The number of hydroxylamine groups is 1. The number of ether oxygens (including phenoxy) is 2. The molecule has 0 aliphatic heterocycles. The largest absolute Gasteiger partial charge is 0.497 e. The number of aromatic nitrogens is 2. The molecule has 0 saturated carbocycles. The SMILES string of the molecule is COc1cc(F)c(C(=O)N(OC(=O)C(F)(F)F)c2ccc(OCCN)c(-c3c(Cl)cnn3C)c2)c(F)c1. The first-order valence-electron chi connectivity index (χ1n) is 10.2. The minimum Gasteiger partial charge on any atom is -0.497 e. The topological polar surface area (TPSA) is 109 Å². The van der Waals surface area contributed by atoms with Crippen molar-refractivity contribution in [3.05, 3.63) is 58.7 Å². The van der Waals surface area contributed by atoms with E-state index in [2.05, 4.69) is 9.94 Å². The number of anilines is 1. The summed E-state index contributed by atoms with van der Waals surface area (Å²) in [5.74, 6) is -7.72. The summed E-state index contributed by atoms with van der Waals surface area (Å²) in [5.41, 5.74) is 3.93. The van der Waals surface area contributed by atoms with Crippen molar-refractivity contribution >= 4 is 29.2 Å². The molecule has 3 rings (SSSR count). The number of carbonyl (C=O) groups is 2. The van der Waals surface area contributed by atoms with Crippen LogP contribution in [0.4, 0.5) is 27.6 Å². The number of methoxy groups -OCH3 is 1. The molecule has 9 nitrogen and oxygen atoms in total. The molecular weight excluding hydrogens is 531 g/mol. The second-order valence-corrected chi connectivity index (χ2v) is 7.63. The zero-order chi connectivity index (χ0) is 27.5. The molecule has 0 aliphatic rings. The molecule has 1 aromatic heterocycles. The predicted octanol–water partition coefficient (Wildman–Crippen LogP) is 4.03. The Kier molecular flexibility index (Phi) is 8.23. The monoisotopic (exact) mass is 548 g/mol. The van der Waals surface area contributed by atoms with Gasteiger partial charge in [0.2, 0.25) is 0 Å². The summed E-state index contributed by atoms with van der Waals surface area (Å²) < 4.78 is 79.9. The molecule has 0 radical (unpaired) electrons. The number of hydrogen-bond acceptors (Lipinski definition) is 7. The average Bonchev–Trinajstić information content (AvgIpc) is 3.17. The lowest BCUT2D eigenvalue weighted by Crippen LogP contribution is -2.39. The van der Waals surface area contributed by atoms with Gasteiger partial charge in [0.25, 0.3) is 5.91 Å². The molecule has 0 fully saturated rings. The van der Waals surface area contributed by atoms with Crippen molar-refractivity contribution < 1.29 is 45.9 Å². The van der Waals surface area contributed by atoms with Gasteiger partial charge in [0, 0.05) is 31.3 Å². The van der Waals surface area contributed by atoms with E-state index in [9.17, 15) is 31.5 Å². The first-order chi connectivity index (χ1) is 17.4. The Morgan fingerprint density at radius 1 is 1.16 bits per heavy atom. The Hall–Kier alpha value is -3.91. The molecule has 2 aromatic carbocycles. The highest BCUT2D eigenvalue weighted by atomic mass is 35.5. The van der Waals surface area contributed by atoms with Crippen molar-refractivity contribution in [2.75, 3.05) is 25.3 Å². The number of halogens is 6. The summed E-state index contributed by atoms with van der Waals surface area (Å²) in [4.78, 5) is 29.0. The van der Waals surface area contributed by atoms with Crippen LogP contribution in [-0.4, -0.2) is 48.1 Å². The third kappa shape index (κ3) is 5.91. The van der Waals surface area contributed by atoms with E-state index < -0.39 is 40.9 Å². The van der Waals surface area contributed by atoms with E-state index in [0.717, 1.165) is 19.2 Å². The van der Waals surface area contributed by atoms with Crippen molar-refractivity contribution in [3.8, 4) is 22.8 Å². The van der Waals surface area contributed by atoms with Crippen LogP contribution in [0.1, 0.15) is 10.4 Å². The summed E-state index contributed by atoms with van der Waals surface area (Å²) >= 11 is 6.20. The summed E-state index contributed by atoms with van der Waals surface area (Å²) in [5, 5.41) is 3.87. The molecule has 37 heavy (non-hydrogen) atoms. The third-order valence-corrected chi connectivity index (χ3v) is 5.05. The number of carbonyl (C=O) groups excluding carboxylic acids is 2. The number of nitrogens with zero attached hydrogens (tertiary/aromatic N) is 3. The average molecular weight is 549 g/mol. The molecule has 15 heteroatoms. The van der Waals surface area contributed by atoms with Gasteiger partial charge in [0.15, 0.2) is 0 Å². The normalized spacial score (nSPS) is 11.3. The molecule has 198 valence electrons. The molecule has 0 aliphatic carbocycles. The standard InChI is InChI=1S/C22H18ClF5N4O5/c1-31-19(14(23)10-30-31)13-7-11(3-4-17(13)36-6-5-29)32(37-21(34)22(26,27)28)20(33)18-15(24)8-12(35-2)9-16(18)25/h3-4,7-10H,5-6,29H2,1-2H3. The zero-order valence-electron chi connectivity index (χ0n) is 19.1. The fraction of sp³-hybridized carbons (Fsp3) is 0.227. The van der Waals surface area contributed by atoms with Crippen molar-refractivity contribution in [2.45, 2.75) is 6.18 Å². The van der Waals surface area contributed by atoms with Gasteiger partial charge in [-0.3, -0.25) is 9.48 Å². The van der Waals surface area contributed by atoms with E-state index in [1.54, 1.807) is 0 Å². The van der Waals surface area contributed by atoms with Gasteiger partial charge < -0.3 is 20.0 Å². The van der Waals surface area contributed by atoms with Crippen LogP contribution in [-0.2, 0) is 16.7 Å². The van der Waals surface area contributed by atoms with E-state index in [1.807, 2.05) is 0 Å². The van der Waals surface area contributed by atoms with Gasteiger partial charge in [0.1, 0.15) is 35.3 Å². The first kappa shape index (κ1) is 27.7. The van der Waals surface area contributed by atoms with Crippen LogP contribution < -0.4 is 20.3 Å². The van der Waals surface area contributed by atoms with Crippen LogP contribution in [0.25, 0.3) is 11.3 Å². The summed E-state index contributed by atoms with van der Waals surface area (Å²) in [6.45, 7) is 0.125. The second kappa shape index (κ2) is 11.0. The molecule has 1 heterocycles. The van der Waals surface area contributed by atoms with Crippen molar-refractivity contribution in [3.63, 3.8) is 0 Å². The van der Waals surface area contributed by atoms with E-state index in [1.165, 1.54) is 24.0 Å².